The number of aryl methyl sites for hydroxylation is 1. The van der Waals surface area contributed by atoms with Crippen LogP contribution in [0.3, 0.4) is 0 Å². The van der Waals surface area contributed by atoms with E-state index < -0.39 is 5.60 Å². The van der Waals surface area contributed by atoms with E-state index in [4.69, 9.17) is 0 Å². The van der Waals surface area contributed by atoms with Gasteiger partial charge in [0.2, 0.25) is 0 Å². The minimum absolute atomic E-state index is 0.265. The molecule has 1 amide bonds. The first-order chi connectivity index (χ1) is 10.5. The molecule has 3 heteroatoms. The average molecular weight is 293 g/mol. The lowest BCUT2D eigenvalue weighted by Crippen LogP contribution is -2.38. The van der Waals surface area contributed by atoms with Crippen molar-refractivity contribution >= 4 is 17.7 Å². The number of carbonyl (C=O) groups excluding carboxylic acids is 1. The zero-order chi connectivity index (χ0) is 15.7. The molecule has 112 valence electrons. The molecule has 1 unspecified atom stereocenters. The maximum atomic E-state index is 12.5. The summed E-state index contributed by atoms with van der Waals surface area (Å²) in [4.78, 5) is 14.0. The smallest absolute Gasteiger partial charge is 0.263 e. The number of carbonyl (C=O) groups is 1. The Morgan fingerprint density at radius 1 is 1.18 bits per heavy atom. The summed E-state index contributed by atoms with van der Waals surface area (Å²) in [6.45, 7) is 1.96. The Hall–Kier alpha value is -2.39. The Morgan fingerprint density at radius 3 is 2.64 bits per heavy atom. The molecular weight excluding hydrogens is 274 g/mol. The summed E-state index contributed by atoms with van der Waals surface area (Å²) < 4.78 is 0. The van der Waals surface area contributed by atoms with Crippen molar-refractivity contribution in [3.8, 4) is 0 Å². The summed E-state index contributed by atoms with van der Waals surface area (Å²) in [6, 6.07) is 15.6. The summed E-state index contributed by atoms with van der Waals surface area (Å²) in [5.74, 6) is -0.272. The van der Waals surface area contributed by atoms with Crippen molar-refractivity contribution in [1.29, 1.82) is 0 Å². The molecule has 2 aromatic rings. The Kier molecular flexibility index (Phi) is 3.59. The van der Waals surface area contributed by atoms with Crippen LogP contribution in [0.15, 0.2) is 54.6 Å². The van der Waals surface area contributed by atoms with E-state index in [0.29, 0.717) is 5.56 Å². The van der Waals surface area contributed by atoms with E-state index in [1.165, 1.54) is 4.90 Å². The van der Waals surface area contributed by atoms with Gasteiger partial charge in [0, 0.05) is 19.0 Å². The highest BCUT2D eigenvalue weighted by Crippen LogP contribution is 2.42. The van der Waals surface area contributed by atoms with Crippen LogP contribution in [0.4, 0.5) is 5.69 Å². The van der Waals surface area contributed by atoms with Gasteiger partial charge in [-0.2, -0.15) is 0 Å². The van der Waals surface area contributed by atoms with Gasteiger partial charge in [0.15, 0.2) is 5.60 Å². The van der Waals surface area contributed by atoms with Crippen LogP contribution in [0.2, 0.25) is 0 Å². The number of nitrogens with zero attached hydrogens (tertiary/aromatic N) is 1. The van der Waals surface area contributed by atoms with Crippen molar-refractivity contribution in [3.05, 3.63) is 71.3 Å². The second-order valence-electron chi connectivity index (χ2n) is 5.76. The lowest BCUT2D eigenvalue weighted by atomic mass is 9.90. The van der Waals surface area contributed by atoms with Gasteiger partial charge in [-0.05, 0) is 18.6 Å². The van der Waals surface area contributed by atoms with E-state index in [1.54, 1.807) is 7.05 Å². The van der Waals surface area contributed by atoms with E-state index in [1.807, 2.05) is 67.6 Å². The molecule has 0 saturated carbocycles. The molecule has 22 heavy (non-hydrogen) atoms. The average Bonchev–Trinajstić information content (AvgIpc) is 2.71. The van der Waals surface area contributed by atoms with Crippen molar-refractivity contribution in [2.45, 2.75) is 18.9 Å². The van der Waals surface area contributed by atoms with Crippen LogP contribution in [-0.2, 0) is 10.4 Å². The van der Waals surface area contributed by atoms with E-state index in [2.05, 4.69) is 0 Å². The SMILES string of the molecule is Cc1ccc2c(c1)C(O)(C/C=C/c1ccccc1)C(=O)N2C. The third kappa shape index (κ3) is 2.34. The fourth-order valence-corrected chi connectivity index (χ4v) is 2.90. The normalized spacial score (nSPS) is 20.7. The van der Waals surface area contributed by atoms with Gasteiger partial charge in [-0.3, -0.25) is 4.79 Å². The molecular formula is C19H19NO2. The van der Waals surface area contributed by atoms with Gasteiger partial charge in [0.05, 0.1) is 5.69 Å². The molecule has 1 N–H and O–H groups in total. The number of benzene rings is 2. The van der Waals surface area contributed by atoms with Gasteiger partial charge >= 0.3 is 0 Å². The predicted molar refractivity (Wildman–Crippen MR) is 88.6 cm³/mol. The quantitative estimate of drug-likeness (QED) is 0.943. The molecule has 0 aliphatic carbocycles. The molecule has 1 aliphatic heterocycles. The lowest BCUT2D eigenvalue weighted by molar-refractivity contribution is -0.135. The monoisotopic (exact) mass is 293 g/mol. The van der Waals surface area contributed by atoms with Crippen LogP contribution in [0, 0.1) is 6.92 Å². The molecule has 0 bridgehead atoms. The highest BCUT2D eigenvalue weighted by atomic mass is 16.3. The first kappa shape index (κ1) is 14.5. The molecule has 0 radical (unpaired) electrons. The topological polar surface area (TPSA) is 40.5 Å². The molecule has 3 rings (SSSR count). The first-order valence-electron chi connectivity index (χ1n) is 7.35. The number of amides is 1. The van der Waals surface area contributed by atoms with Crippen LogP contribution in [0.1, 0.15) is 23.1 Å². The van der Waals surface area contributed by atoms with Gasteiger partial charge in [-0.1, -0.05) is 60.2 Å². The molecule has 1 heterocycles. The summed E-state index contributed by atoms with van der Waals surface area (Å²) in [7, 11) is 1.70. The van der Waals surface area contributed by atoms with Gasteiger partial charge in [-0.25, -0.2) is 0 Å². The third-order valence-corrected chi connectivity index (χ3v) is 4.14. The van der Waals surface area contributed by atoms with E-state index in [9.17, 15) is 9.90 Å². The third-order valence-electron chi connectivity index (χ3n) is 4.14. The number of likely N-dealkylation sites (N-methyl/N-ethyl adjacent to an activating group) is 1. The van der Waals surface area contributed by atoms with Crippen LogP contribution < -0.4 is 4.90 Å². The molecule has 0 aromatic heterocycles. The molecule has 2 aromatic carbocycles. The van der Waals surface area contributed by atoms with Crippen LogP contribution in [0.5, 0.6) is 0 Å². The maximum Gasteiger partial charge on any atom is 0.263 e. The molecule has 1 atom stereocenters. The number of hydrogen-bond donors (Lipinski definition) is 1. The Morgan fingerprint density at radius 2 is 1.91 bits per heavy atom. The Bertz CT molecular complexity index is 736. The van der Waals surface area contributed by atoms with E-state index >= 15 is 0 Å². The van der Waals surface area contributed by atoms with Crippen molar-refractivity contribution in [2.24, 2.45) is 0 Å². The van der Waals surface area contributed by atoms with Crippen LogP contribution in [-0.4, -0.2) is 18.1 Å². The van der Waals surface area contributed by atoms with E-state index in [0.717, 1.165) is 16.8 Å². The lowest BCUT2D eigenvalue weighted by Gasteiger charge is -2.20. The molecule has 3 nitrogen and oxygen atoms in total. The number of fused-ring (bicyclic) bond motifs is 1. The zero-order valence-corrected chi connectivity index (χ0v) is 12.8. The Labute approximate surface area is 130 Å². The van der Waals surface area contributed by atoms with Crippen molar-refractivity contribution < 1.29 is 9.90 Å². The summed E-state index contributed by atoms with van der Waals surface area (Å²) in [5.41, 5.74) is 2.09. The summed E-state index contributed by atoms with van der Waals surface area (Å²) in [5, 5.41) is 10.9. The van der Waals surface area contributed by atoms with Crippen molar-refractivity contribution in [3.63, 3.8) is 0 Å². The van der Waals surface area contributed by atoms with Crippen molar-refractivity contribution in [1.82, 2.24) is 0 Å². The largest absolute Gasteiger partial charge is 0.375 e. The van der Waals surface area contributed by atoms with Crippen LogP contribution >= 0.6 is 0 Å². The highest BCUT2D eigenvalue weighted by Gasteiger charge is 2.47. The second-order valence-corrected chi connectivity index (χ2v) is 5.76. The van der Waals surface area contributed by atoms with Gasteiger partial charge < -0.3 is 10.0 Å². The van der Waals surface area contributed by atoms with Gasteiger partial charge in [0.1, 0.15) is 0 Å². The summed E-state index contributed by atoms with van der Waals surface area (Å²) >= 11 is 0. The molecule has 1 aliphatic rings. The molecule has 0 spiro atoms. The zero-order valence-electron chi connectivity index (χ0n) is 12.8. The van der Waals surface area contributed by atoms with Crippen LogP contribution in [0.25, 0.3) is 6.08 Å². The molecule has 0 saturated heterocycles. The second kappa shape index (κ2) is 5.43. The fourth-order valence-electron chi connectivity index (χ4n) is 2.90. The minimum Gasteiger partial charge on any atom is -0.375 e. The first-order valence-corrected chi connectivity index (χ1v) is 7.35. The minimum atomic E-state index is -1.47. The maximum absolute atomic E-state index is 12.5. The standard InChI is InChI=1S/C19H19NO2/c1-14-10-11-17-16(13-14)19(22,18(21)20(17)2)12-6-9-15-7-4-3-5-8-15/h3-11,13,22H,12H2,1-2H3/b9-6+. The number of anilines is 1. The number of hydrogen-bond acceptors (Lipinski definition) is 2. The molecule has 0 fully saturated rings. The summed E-state index contributed by atoms with van der Waals surface area (Å²) in [6.07, 6.45) is 4.05. The highest BCUT2D eigenvalue weighted by molar-refractivity contribution is 6.06. The fraction of sp³-hybridized carbons (Fsp3) is 0.211. The Balaban J connectivity index is 1.91. The predicted octanol–water partition coefficient (Wildman–Crippen LogP) is 3.26. The van der Waals surface area contributed by atoms with Crippen molar-refractivity contribution in [2.75, 3.05) is 11.9 Å². The number of rotatable bonds is 3. The van der Waals surface area contributed by atoms with Gasteiger partial charge in [0.25, 0.3) is 5.91 Å². The van der Waals surface area contributed by atoms with E-state index in [-0.39, 0.29) is 12.3 Å². The number of aliphatic hydroxyl groups is 1. The van der Waals surface area contributed by atoms with Gasteiger partial charge in [-0.15, -0.1) is 0 Å².